The summed E-state index contributed by atoms with van der Waals surface area (Å²) >= 11 is 0. The molecule has 0 bridgehead atoms. The third kappa shape index (κ3) is 3.11. The van der Waals surface area contributed by atoms with Gasteiger partial charge in [-0.1, -0.05) is 27.2 Å². The van der Waals surface area contributed by atoms with Crippen LogP contribution in [0.3, 0.4) is 0 Å². The van der Waals surface area contributed by atoms with E-state index in [1.165, 1.54) is 62.6 Å². The van der Waals surface area contributed by atoms with Crippen molar-refractivity contribution in [2.45, 2.75) is 78.6 Å². The Balaban J connectivity index is 1.51. The predicted octanol–water partition coefficient (Wildman–Crippen LogP) is 4.46. The maximum absolute atomic E-state index is 13.1. The fourth-order valence-electron chi connectivity index (χ4n) is 8.45. The van der Waals surface area contributed by atoms with Crippen molar-refractivity contribution < 1.29 is 4.79 Å². The second kappa shape index (κ2) is 7.34. The molecule has 0 aliphatic heterocycles. The fourth-order valence-corrected chi connectivity index (χ4v) is 8.45. The Morgan fingerprint density at radius 1 is 1.04 bits per heavy atom. The van der Waals surface area contributed by atoms with E-state index in [9.17, 15) is 4.79 Å². The van der Waals surface area contributed by atoms with Crippen LogP contribution < -0.4 is 11.6 Å². The van der Waals surface area contributed by atoms with Crippen LogP contribution in [-0.4, -0.2) is 17.3 Å². The molecule has 8 atom stereocenters. The van der Waals surface area contributed by atoms with E-state index >= 15 is 0 Å². The maximum atomic E-state index is 13.1. The van der Waals surface area contributed by atoms with Gasteiger partial charge >= 0.3 is 0 Å². The second-order valence-electron chi connectivity index (χ2n) is 11.2. The summed E-state index contributed by atoms with van der Waals surface area (Å²) in [5.74, 6) is 10.7. The molecule has 8 unspecified atom stereocenters. The zero-order valence-corrected chi connectivity index (χ0v) is 18.2. The van der Waals surface area contributed by atoms with Crippen LogP contribution in [0.1, 0.15) is 78.6 Å². The summed E-state index contributed by atoms with van der Waals surface area (Å²) in [6, 6.07) is 0. The van der Waals surface area contributed by atoms with Crippen LogP contribution in [-0.2, 0) is 4.79 Å². The average Bonchev–Trinajstić information content (AvgIpc) is 3.00. The summed E-state index contributed by atoms with van der Waals surface area (Å²) in [4.78, 5) is 13.1. The van der Waals surface area contributed by atoms with Gasteiger partial charge in [0.1, 0.15) is 0 Å². The third-order valence-corrected chi connectivity index (χ3v) is 9.93. The Kier molecular flexibility index (Phi) is 5.31. The van der Waals surface area contributed by atoms with Crippen molar-refractivity contribution in [3.8, 4) is 0 Å². The number of carbonyl (C=O) groups excluding carboxylic acids is 1. The first-order valence-electron chi connectivity index (χ1n) is 11.7. The quantitative estimate of drug-likeness (QED) is 0.552. The Morgan fingerprint density at radius 3 is 2.50 bits per heavy atom. The molecular formula is C24H41N3O. The highest BCUT2D eigenvalue weighted by Crippen LogP contribution is 2.67. The van der Waals surface area contributed by atoms with Gasteiger partial charge in [-0.05, 0) is 91.8 Å². The number of fused-ring (bicyclic) bond motifs is 5. The first kappa shape index (κ1) is 20.3. The molecule has 28 heavy (non-hydrogen) atoms. The van der Waals surface area contributed by atoms with Crippen LogP contribution in [0, 0.1) is 46.3 Å². The van der Waals surface area contributed by atoms with E-state index in [4.69, 9.17) is 11.6 Å². The summed E-state index contributed by atoms with van der Waals surface area (Å²) in [5, 5.41) is 1.44. The minimum atomic E-state index is 0.174. The molecule has 4 aliphatic carbocycles. The average molecular weight is 388 g/mol. The summed E-state index contributed by atoms with van der Waals surface area (Å²) in [6.07, 6.45) is 15.0. The molecule has 0 radical (unpaired) electrons. The first-order chi connectivity index (χ1) is 13.3. The van der Waals surface area contributed by atoms with E-state index < -0.39 is 0 Å². The number of Topliss-reactive ketones (excluding diaryl/α,β-unsaturated/α-hetero) is 1. The van der Waals surface area contributed by atoms with Gasteiger partial charge in [0.2, 0.25) is 0 Å². The molecule has 4 N–H and O–H groups in total. The van der Waals surface area contributed by atoms with Crippen molar-refractivity contribution in [2.24, 2.45) is 57.9 Å². The minimum absolute atomic E-state index is 0.174. The molecular weight excluding hydrogens is 346 g/mol. The molecule has 4 heteroatoms. The molecule has 0 aromatic rings. The smallest absolute Gasteiger partial charge is 0.157 e. The Labute approximate surface area is 171 Å². The van der Waals surface area contributed by atoms with E-state index in [-0.39, 0.29) is 17.9 Å². The van der Waals surface area contributed by atoms with Gasteiger partial charge in [0.05, 0.1) is 6.54 Å². The van der Waals surface area contributed by atoms with E-state index in [0.717, 1.165) is 36.0 Å². The van der Waals surface area contributed by atoms with Crippen LogP contribution >= 0.6 is 0 Å². The summed E-state index contributed by atoms with van der Waals surface area (Å²) in [6.45, 7) is 7.80. The highest BCUT2D eigenvalue weighted by atomic mass is 16.1. The van der Waals surface area contributed by atoms with E-state index in [1.807, 2.05) is 0 Å². The largest absolute Gasteiger partial charge is 0.403 e. The number of carbonyl (C=O) groups is 1. The number of hydrogen-bond acceptors (Lipinski definition) is 4. The van der Waals surface area contributed by atoms with Gasteiger partial charge in [0.15, 0.2) is 5.78 Å². The van der Waals surface area contributed by atoms with E-state index in [2.05, 4.69) is 20.8 Å². The predicted molar refractivity (Wildman–Crippen MR) is 114 cm³/mol. The standard InChI is InChI=1S/C24H41N3O/c1-16-8-10-23(2)17(14-16)4-5-18-19-6-7-21(22(28)15-27(26)13-12-25)24(19,3)11-9-20(18)23/h12-13,16-21H,4-11,14-15,25-26H2,1-3H3/b13-12-. The topological polar surface area (TPSA) is 72.3 Å². The van der Waals surface area contributed by atoms with Gasteiger partial charge in [-0.25, -0.2) is 5.84 Å². The Hall–Kier alpha value is -1.03. The summed E-state index contributed by atoms with van der Waals surface area (Å²) < 4.78 is 0. The number of hydrogen-bond donors (Lipinski definition) is 2. The van der Waals surface area contributed by atoms with Crippen LogP contribution in [0.5, 0.6) is 0 Å². The van der Waals surface area contributed by atoms with Gasteiger partial charge in [-0.2, -0.15) is 0 Å². The number of ketones is 1. The van der Waals surface area contributed by atoms with Crippen molar-refractivity contribution in [1.29, 1.82) is 0 Å². The number of nitrogens with two attached hydrogens (primary N) is 2. The lowest BCUT2D eigenvalue weighted by Gasteiger charge is -2.61. The van der Waals surface area contributed by atoms with Gasteiger partial charge in [-0.3, -0.25) is 4.79 Å². The monoisotopic (exact) mass is 387 g/mol. The van der Waals surface area contributed by atoms with Crippen LogP contribution in [0.2, 0.25) is 0 Å². The second-order valence-corrected chi connectivity index (χ2v) is 11.2. The Bertz CT molecular complexity index is 633. The molecule has 0 heterocycles. The molecule has 0 amide bonds. The van der Waals surface area contributed by atoms with Gasteiger partial charge < -0.3 is 10.7 Å². The highest BCUT2D eigenvalue weighted by molar-refractivity contribution is 5.84. The molecule has 4 rings (SSSR count). The van der Waals surface area contributed by atoms with Crippen LogP contribution in [0.15, 0.2) is 12.4 Å². The molecule has 0 aromatic carbocycles. The molecule has 158 valence electrons. The van der Waals surface area contributed by atoms with Gasteiger partial charge in [0.25, 0.3) is 0 Å². The maximum Gasteiger partial charge on any atom is 0.157 e. The fraction of sp³-hybridized carbons (Fsp3) is 0.875. The molecule has 4 saturated carbocycles. The molecule has 4 fully saturated rings. The molecule has 0 saturated heterocycles. The number of rotatable bonds is 4. The van der Waals surface area contributed by atoms with Crippen LogP contribution in [0.25, 0.3) is 0 Å². The van der Waals surface area contributed by atoms with Gasteiger partial charge in [-0.15, -0.1) is 0 Å². The lowest BCUT2D eigenvalue weighted by Crippen LogP contribution is -2.54. The van der Waals surface area contributed by atoms with Crippen LogP contribution in [0.4, 0.5) is 0 Å². The van der Waals surface area contributed by atoms with Gasteiger partial charge in [0, 0.05) is 18.3 Å². The molecule has 0 spiro atoms. The van der Waals surface area contributed by atoms with Crippen molar-refractivity contribution in [3.05, 3.63) is 12.4 Å². The number of nitrogens with zero attached hydrogens (tertiary/aromatic N) is 1. The molecule has 4 aliphatic rings. The Morgan fingerprint density at radius 2 is 1.75 bits per heavy atom. The van der Waals surface area contributed by atoms with E-state index in [1.54, 1.807) is 6.20 Å². The lowest BCUT2D eigenvalue weighted by atomic mass is 9.44. The zero-order valence-electron chi connectivity index (χ0n) is 18.2. The summed E-state index contributed by atoms with van der Waals surface area (Å²) in [5.41, 5.74) is 6.16. The van der Waals surface area contributed by atoms with Crippen molar-refractivity contribution in [3.63, 3.8) is 0 Å². The SMILES string of the molecule is CC1CCC2(C)C(CCC3C2CCC2(C)C(C(=O)CN(N)/C=C\N)CCC32)C1. The third-order valence-electron chi connectivity index (χ3n) is 9.93. The van der Waals surface area contributed by atoms with E-state index in [0.29, 0.717) is 11.2 Å². The number of hydrazine groups is 1. The zero-order chi connectivity index (χ0) is 20.1. The van der Waals surface area contributed by atoms with Crippen molar-refractivity contribution in [2.75, 3.05) is 6.54 Å². The normalized spacial score (nSPS) is 48.0. The van der Waals surface area contributed by atoms with Crippen molar-refractivity contribution >= 4 is 5.78 Å². The minimum Gasteiger partial charge on any atom is -0.403 e. The molecule has 4 nitrogen and oxygen atoms in total. The molecule has 0 aromatic heterocycles. The van der Waals surface area contributed by atoms with Crippen molar-refractivity contribution in [1.82, 2.24) is 5.01 Å². The highest BCUT2D eigenvalue weighted by Gasteiger charge is 2.60. The summed E-state index contributed by atoms with van der Waals surface area (Å²) in [7, 11) is 0. The lowest BCUT2D eigenvalue weighted by molar-refractivity contribution is -0.137. The first-order valence-corrected chi connectivity index (χ1v) is 11.7.